The van der Waals surface area contributed by atoms with Gasteiger partial charge < -0.3 is 4.74 Å². The molecule has 182 valence electrons. The number of carbonyl (C=O) groups is 1. The average Bonchev–Trinajstić information content (AvgIpc) is 3.43. The van der Waals surface area contributed by atoms with Gasteiger partial charge in [0.2, 0.25) is 0 Å². The molecule has 4 rings (SSSR count). The topological polar surface area (TPSA) is 99.5 Å². The van der Waals surface area contributed by atoms with Gasteiger partial charge in [0.15, 0.2) is 9.84 Å². The third-order valence-corrected chi connectivity index (χ3v) is 10.2. The third kappa shape index (κ3) is 4.31. The lowest BCUT2D eigenvalue weighted by Crippen LogP contribution is -2.14. The summed E-state index contributed by atoms with van der Waals surface area (Å²) in [5, 5.41) is 0.521. The van der Waals surface area contributed by atoms with Crippen molar-refractivity contribution in [1.82, 2.24) is 3.97 Å². The minimum Gasteiger partial charge on any atom is -0.466 e. The molecule has 0 N–H and O–H groups in total. The summed E-state index contributed by atoms with van der Waals surface area (Å²) in [6.45, 7) is 5.59. The zero-order chi connectivity index (χ0) is 25.0. The van der Waals surface area contributed by atoms with E-state index in [1.807, 2.05) is 6.92 Å². The second-order valence-electron chi connectivity index (χ2n) is 8.73. The summed E-state index contributed by atoms with van der Waals surface area (Å²) in [7, 11) is -7.54. The Morgan fingerprint density at radius 2 is 1.79 bits per heavy atom. The van der Waals surface area contributed by atoms with Crippen LogP contribution in [0.2, 0.25) is 0 Å². The number of aryl methyl sites for hydroxylation is 2. The molecule has 10 heteroatoms. The molecule has 0 aliphatic heterocycles. The highest BCUT2D eigenvalue weighted by molar-refractivity contribution is 9.09. The number of nitrogens with zero attached hydrogens (tertiary/aromatic N) is 1. The lowest BCUT2D eigenvalue weighted by Gasteiger charge is -2.18. The van der Waals surface area contributed by atoms with E-state index in [1.54, 1.807) is 44.2 Å². The number of ether oxygens (including phenoxy) is 1. The molecule has 0 bridgehead atoms. The number of hydrogen-bond acceptors (Lipinski definition) is 6. The smallest absolute Gasteiger partial charge is 0.309 e. The van der Waals surface area contributed by atoms with Crippen molar-refractivity contribution in [2.75, 3.05) is 12.9 Å². The maximum Gasteiger partial charge on any atom is 0.309 e. The van der Waals surface area contributed by atoms with Crippen LogP contribution in [0.3, 0.4) is 0 Å². The molecule has 0 saturated heterocycles. The Hall–Kier alpha value is -2.17. The van der Waals surface area contributed by atoms with E-state index in [4.69, 9.17) is 4.74 Å². The van der Waals surface area contributed by atoms with Gasteiger partial charge in [-0.1, -0.05) is 33.6 Å². The van der Waals surface area contributed by atoms with Crippen molar-refractivity contribution in [2.24, 2.45) is 11.8 Å². The van der Waals surface area contributed by atoms with Gasteiger partial charge in [0.05, 0.1) is 27.8 Å². The Balaban J connectivity index is 1.91. The fourth-order valence-corrected chi connectivity index (χ4v) is 8.05. The van der Waals surface area contributed by atoms with Gasteiger partial charge >= 0.3 is 5.97 Å². The van der Waals surface area contributed by atoms with E-state index in [9.17, 15) is 21.6 Å². The second-order valence-corrected chi connectivity index (χ2v) is 13.5. The Morgan fingerprint density at radius 3 is 2.38 bits per heavy atom. The summed E-state index contributed by atoms with van der Waals surface area (Å²) >= 11 is 3.64. The summed E-state index contributed by atoms with van der Waals surface area (Å²) in [5.74, 6) is -0.783. The summed E-state index contributed by atoms with van der Waals surface area (Å²) in [5.41, 5.74) is 2.35. The molecule has 3 unspecified atom stereocenters. The largest absolute Gasteiger partial charge is 0.466 e. The van der Waals surface area contributed by atoms with Gasteiger partial charge in [0, 0.05) is 22.7 Å². The molecule has 1 aromatic heterocycles. The third-order valence-electron chi connectivity index (χ3n) is 6.19. The van der Waals surface area contributed by atoms with Crippen LogP contribution in [0.1, 0.15) is 34.9 Å². The van der Waals surface area contributed by atoms with Gasteiger partial charge in [-0.15, -0.1) is 0 Å². The first-order valence-corrected chi connectivity index (χ1v) is 15.1. The van der Waals surface area contributed by atoms with E-state index in [-0.39, 0.29) is 34.2 Å². The van der Waals surface area contributed by atoms with Gasteiger partial charge in [-0.05, 0) is 68.5 Å². The van der Waals surface area contributed by atoms with Gasteiger partial charge in [0.1, 0.15) is 0 Å². The predicted molar refractivity (Wildman–Crippen MR) is 133 cm³/mol. The monoisotopic (exact) mass is 567 g/mol. The molecule has 1 saturated carbocycles. The molecule has 1 heterocycles. The zero-order valence-corrected chi connectivity index (χ0v) is 22.5. The number of rotatable bonds is 7. The molecular weight excluding hydrogens is 542 g/mol. The molecule has 2 aromatic carbocycles. The van der Waals surface area contributed by atoms with Gasteiger partial charge in [0.25, 0.3) is 10.0 Å². The maximum atomic E-state index is 13.5. The van der Waals surface area contributed by atoms with Crippen LogP contribution in [0.5, 0.6) is 0 Å². The van der Waals surface area contributed by atoms with Crippen LogP contribution in [0.4, 0.5) is 0 Å². The lowest BCUT2D eigenvalue weighted by atomic mass is 10.0. The molecule has 7 nitrogen and oxygen atoms in total. The van der Waals surface area contributed by atoms with Crippen LogP contribution in [-0.4, -0.2) is 39.6 Å². The van der Waals surface area contributed by atoms with Crippen molar-refractivity contribution in [1.29, 1.82) is 0 Å². The number of sulfone groups is 1. The molecular formula is C24H26BrNO6S2. The SMILES string of the molecule is CCOC(=O)C1CC1C(Br)c1c(S(C)(=O)=O)cc(C)c2c1ccn2S(=O)(=O)c1ccc(C)cc1. The van der Waals surface area contributed by atoms with Gasteiger partial charge in [-0.25, -0.2) is 20.8 Å². The Bertz CT molecular complexity index is 1490. The van der Waals surface area contributed by atoms with Crippen LogP contribution in [0.15, 0.2) is 52.4 Å². The predicted octanol–water partition coefficient (Wildman–Crippen LogP) is 4.53. The zero-order valence-electron chi connectivity index (χ0n) is 19.3. The summed E-state index contributed by atoms with van der Waals surface area (Å²) in [4.78, 5) is 12.0. The van der Waals surface area contributed by atoms with Crippen LogP contribution in [-0.2, 0) is 29.4 Å². The van der Waals surface area contributed by atoms with Crippen LogP contribution in [0.25, 0.3) is 10.9 Å². The van der Waals surface area contributed by atoms with Crippen LogP contribution in [0, 0.1) is 25.7 Å². The van der Waals surface area contributed by atoms with Crippen molar-refractivity contribution in [2.45, 2.75) is 41.8 Å². The maximum absolute atomic E-state index is 13.5. The summed E-state index contributed by atoms with van der Waals surface area (Å²) in [6, 6.07) is 9.72. The number of aromatic nitrogens is 1. The highest BCUT2D eigenvalue weighted by atomic mass is 79.9. The van der Waals surface area contributed by atoms with Gasteiger partial charge in [-0.2, -0.15) is 0 Å². The van der Waals surface area contributed by atoms with E-state index in [0.717, 1.165) is 11.8 Å². The lowest BCUT2D eigenvalue weighted by molar-refractivity contribution is -0.145. The molecule has 1 fully saturated rings. The van der Waals surface area contributed by atoms with E-state index in [0.29, 0.717) is 28.5 Å². The number of carbonyl (C=O) groups excluding carboxylic acids is 1. The highest BCUT2D eigenvalue weighted by Crippen LogP contribution is 2.54. The van der Waals surface area contributed by atoms with Crippen molar-refractivity contribution in [3.63, 3.8) is 0 Å². The van der Waals surface area contributed by atoms with Gasteiger partial charge in [-0.3, -0.25) is 4.79 Å². The van der Waals surface area contributed by atoms with Crippen molar-refractivity contribution >= 4 is 52.7 Å². The Morgan fingerprint density at radius 1 is 1.15 bits per heavy atom. The first-order chi connectivity index (χ1) is 15.9. The molecule has 0 radical (unpaired) electrons. The number of esters is 1. The minimum absolute atomic E-state index is 0.124. The first kappa shape index (κ1) is 24.9. The molecule has 3 atom stereocenters. The normalized spacial score (nSPS) is 19.2. The number of halogens is 1. The second kappa shape index (κ2) is 8.80. The van der Waals surface area contributed by atoms with E-state index in [1.165, 1.54) is 16.2 Å². The Labute approximate surface area is 208 Å². The van der Waals surface area contributed by atoms with E-state index < -0.39 is 24.7 Å². The van der Waals surface area contributed by atoms with Crippen molar-refractivity contribution in [3.05, 3.63) is 59.3 Å². The number of hydrogen-bond donors (Lipinski definition) is 0. The fraction of sp³-hybridized carbons (Fsp3) is 0.375. The van der Waals surface area contributed by atoms with Crippen LogP contribution >= 0.6 is 15.9 Å². The number of alkyl halides is 1. The van der Waals surface area contributed by atoms with Crippen molar-refractivity contribution in [3.8, 4) is 0 Å². The Kier molecular flexibility index (Phi) is 6.46. The average molecular weight is 569 g/mol. The molecule has 34 heavy (non-hydrogen) atoms. The highest BCUT2D eigenvalue weighted by Gasteiger charge is 2.49. The quantitative estimate of drug-likeness (QED) is 0.307. The first-order valence-electron chi connectivity index (χ1n) is 10.9. The van der Waals surface area contributed by atoms with Crippen LogP contribution < -0.4 is 0 Å². The molecule has 1 aliphatic carbocycles. The number of benzene rings is 2. The summed E-state index contributed by atoms with van der Waals surface area (Å²) < 4.78 is 58.7. The molecule has 0 spiro atoms. The molecule has 0 amide bonds. The summed E-state index contributed by atoms with van der Waals surface area (Å²) in [6.07, 6.45) is 3.15. The van der Waals surface area contributed by atoms with Crippen molar-refractivity contribution < 1.29 is 26.4 Å². The van der Waals surface area contributed by atoms with E-state index in [2.05, 4.69) is 15.9 Å². The number of fused-ring (bicyclic) bond motifs is 1. The molecule has 1 aliphatic rings. The fourth-order valence-electron chi connectivity index (χ4n) is 4.38. The molecule has 3 aromatic rings. The van der Waals surface area contributed by atoms with E-state index >= 15 is 0 Å². The standard InChI is InChI=1S/C24H26BrNO6S2/c1-5-32-24(27)19-13-18(19)22(25)21-17-10-11-26(23(17)15(3)12-20(21)33(4,28)29)34(30,31)16-8-6-14(2)7-9-16/h6-12,18-19,22H,5,13H2,1-4H3. The minimum atomic E-state index is -3.91.